The van der Waals surface area contributed by atoms with Gasteiger partial charge in [0, 0.05) is 0 Å². The van der Waals surface area contributed by atoms with Crippen LogP contribution in [-0.4, -0.2) is 18.3 Å². The van der Waals surface area contributed by atoms with E-state index in [1.54, 1.807) is 0 Å². The first-order valence-corrected chi connectivity index (χ1v) is 7.70. The van der Waals surface area contributed by atoms with Crippen molar-refractivity contribution in [1.29, 1.82) is 0 Å². The lowest BCUT2D eigenvalue weighted by Crippen LogP contribution is -2.29. The lowest BCUT2D eigenvalue weighted by Gasteiger charge is -2.07. The van der Waals surface area contributed by atoms with E-state index in [-0.39, 0.29) is 0 Å². The van der Waals surface area contributed by atoms with Crippen LogP contribution >= 0.6 is 0 Å². The highest BCUT2D eigenvalue weighted by atomic mass is 32.2. The number of rotatable bonds is 10. The molecule has 5 heteroatoms. The molecule has 16 heavy (non-hydrogen) atoms. The predicted molar refractivity (Wildman–Crippen MR) is 66.8 cm³/mol. The summed E-state index contributed by atoms with van der Waals surface area (Å²) < 4.78 is 29.8. The fourth-order valence-corrected chi connectivity index (χ4v) is 2.09. The van der Waals surface area contributed by atoms with Gasteiger partial charge in [0.15, 0.2) is 0 Å². The van der Waals surface area contributed by atoms with Crippen molar-refractivity contribution in [3.8, 4) is 0 Å². The molecule has 0 amide bonds. The molecule has 1 atom stereocenters. The number of hydrogen-bond donors (Lipinski definition) is 2. The van der Waals surface area contributed by atoms with Gasteiger partial charge in [-0.1, -0.05) is 58.3 Å². The van der Waals surface area contributed by atoms with Crippen LogP contribution in [0.25, 0.3) is 0 Å². The molecular weight excluding hydrogens is 226 g/mol. The number of hydrogen-bond acceptors (Lipinski definition) is 3. The fraction of sp³-hybridized carbons (Fsp3) is 1.00. The second-order valence-corrected chi connectivity index (χ2v) is 5.95. The van der Waals surface area contributed by atoms with E-state index in [4.69, 9.17) is 10.3 Å². The highest BCUT2D eigenvalue weighted by Gasteiger charge is 2.16. The van der Waals surface area contributed by atoms with Crippen molar-refractivity contribution < 1.29 is 13.0 Å². The molecule has 0 aliphatic rings. The second kappa shape index (κ2) is 8.96. The quantitative estimate of drug-likeness (QED) is 0.462. The molecule has 0 aromatic heterocycles. The Morgan fingerprint density at radius 1 is 1.00 bits per heavy atom. The monoisotopic (exact) mass is 251 g/mol. The van der Waals surface area contributed by atoms with Crippen molar-refractivity contribution in [2.24, 2.45) is 5.73 Å². The Balaban J connectivity index is 3.28. The van der Waals surface area contributed by atoms with Gasteiger partial charge < -0.3 is 5.73 Å². The van der Waals surface area contributed by atoms with Crippen molar-refractivity contribution in [3.63, 3.8) is 0 Å². The fourth-order valence-electron chi connectivity index (χ4n) is 1.63. The van der Waals surface area contributed by atoms with E-state index in [9.17, 15) is 8.42 Å². The van der Waals surface area contributed by atoms with E-state index in [2.05, 4.69) is 6.92 Å². The number of nitrogens with two attached hydrogens (primary N) is 1. The molecule has 0 saturated carbocycles. The molecule has 0 aliphatic carbocycles. The summed E-state index contributed by atoms with van der Waals surface area (Å²) in [7, 11) is -4.03. The normalized spacial score (nSPS) is 13.9. The molecule has 0 bridgehead atoms. The Morgan fingerprint density at radius 2 is 1.44 bits per heavy atom. The van der Waals surface area contributed by atoms with E-state index >= 15 is 0 Å². The minimum atomic E-state index is -4.03. The van der Waals surface area contributed by atoms with Crippen LogP contribution in [-0.2, 0) is 10.1 Å². The van der Waals surface area contributed by atoms with Crippen molar-refractivity contribution in [2.45, 2.75) is 70.1 Å². The zero-order valence-corrected chi connectivity index (χ0v) is 11.0. The van der Waals surface area contributed by atoms with Gasteiger partial charge in [0.05, 0.1) is 0 Å². The minimum absolute atomic E-state index is 0.355. The van der Waals surface area contributed by atoms with Gasteiger partial charge in [0.25, 0.3) is 10.1 Å². The molecule has 0 aromatic carbocycles. The molecule has 0 spiro atoms. The predicted octanol–water partition coefficient (Wildman–Crippen LogP) is 2.69. The van der Waals surface area contributed by atoms with Crippen LogP contribution in [0.2, 0.25) is 0 Å². The zero-order valence-electron chi connectivity index (χ0n) is 10.2. The molecule has 0 saturated heterocycles. The third-order valence-electron chi connectivity index (χ3n) is 2.72. The van der Waals surface area contributed by atoms with Crippen molar-refractivity contribution >= 4 is 10.1 Å². The van der Waals surface area contributed by atoms with E-state index in [1.165, 1.54) is 32.1 Å². The van der Waals surface area contributed by atoms with E-state index in [1.807, 2.05) is 0 Å². The van der Waals surface area contributed by atoms with Gasteiger partial charge in [0.2, 0.25) is 0 Å². The summed E-state index contributed by atoms with van der Waals surface area (Å²) in [4.78, 5) is 0. The van der Waals surface area contributed by atoms with Gasteiger partial charge >= 0.3 is 0 Å². The maximum absolute atomic E-state index is 10.6. The molecule has 0 radical (unpaired) electrons. The molecule has 1 unspecified atom stereocenters. The lowest BCUT2D eigenvalue weighted by molar-refractivity contribution is 0.457. The first-order chi connectivity index (χ1) is 7.48. The smallest absolute Gasteiger partial charge is 0.280 e. The van der Waals surface area contributed by atoms with Gasteiger partial charge in [-0.05, 0) is 6.42 Å². The van der Waals surface area contributed by atoms with Gasteiger partial charge in [-0.2, -0.15) is 8.42 Å². The summed E-state index contributed by atoms with van der Waals surface area (Å²) in [5.41, 5.74) is 5.29. The third-order valence-corrected chi connectivity index (χ3v) is 3.73. The molecule has 0 aliphatic heterocycles. The van der Waals surface area contributed by atoms with Crippen LogP contribution in [0, 0.1) is 0 Å². The number of unbranched alkanes of at least 4 members (excludes halogenated alkanes) is 7. The zero-order chi connectivity index (χ0) is 12.4. The largest absolute Gasteiger partial charge is 0.313 e. The van der Waals surface area contributed by atoms with Crippen LogP contribution in [0.4, 0.5) is 0 Å². The highest BCUT2D eigenvalue weighted by Crippen LogP contribution is 2.11. The van der Waals surface area contributed by atoms with Crippen LogP contribution in [0.15, 0.2) is 0 Å². The van der Waals surface area contributed by atoms with Crippen molar-refractivity contribution in [1.82, 2.24) is 0 Å². The lowest BCUT2D eigenvalue weighted by atomic mass is 10.1. The van der Waals surface area contributed by atoms with E-state index in [0.717, 1.165) is 19.3 Å². The van der Waals surface area contributed by atoms with Gasteiger partial charge in [-0.25, -0.2) is 0 Å². The molecular formula is C11H25NO3S. The second-order valence-electron chi connectivity index (χ2n) is 4.32. The van der Waals surface area contributed by atoms with Gasteiger partial charge in [-0.15, -0.1) is 0 Å². The standard InChI is InChI=1S/C11H25NO3S/c1-2-3-4-5-6-7-8-9-10-11(12)16(13,14)15/h11H,2-10,12H2,1H3,(H,13,14,15). The Morgan fingerprint density at radius 3 is 1.88 bits per heavy atom. The molecule has 0 fully saturated rings. The van der Waals surface area contributed by atoms with E-state index < -0.39 is 15.5 Å². The van der Waals surface area contributed by atoms with Gasteiger partial charge in [0.1, 0.15) is 5.37 Å². The van der Waals surface area contributed by atoms with Crippen LogP contribution in [0.1, 0.15) is 64.7 Å². The summed E-state index contributed by atoms with van der Waals surface area (Å²) in [5, 5.41) is -1.10. The topological polar surface area (TPSA) is 80.4 Å². The highest BCUT2D eigenvalue weighted by molar-refractivity contribution is 7.86. The summed E-state index contributed by atoms with van der Waals surface area (Å²) >= 11 is 0. The average molecular weight is 251 g/mol. The Labute approximate surface area is 99.4 Å². The Hall–Kier alpha value is -0.130. The van der Waals surface area contributed by atoms with Crippen LogP contribution in [0.3, 0.4) is 0 Å². The van der Waals surface area contributed by atoms with Crippen LogP contribution in [0.5, 0.6) is 0 Å². The first-order valence-electron chi connectivity index (χ1n) is 6.20. The Kier molecular flexibility index (Phi) is 8.89. The van der Waals surface area contributed by atoms with Gasteiger partial charge in [-0.3, -0.25) is 4.55 Å². The molecule has 0 aromatic rings. The maximum atomic E-state index is 10.6. The SMILES string of the molecule is CCCCCCCCCCC(N)S(=O)(=O)O. The summed E-state index contributed by atoms with van der Waals surface area (Å²) in [6, 6.07) is 0. The molecule has 0 rings (SSSR count). The maximum Gasteiger partial charge on any atom is 0.280 e. The molecule has 3 N–H and O–H groups in total. The summed E-state index contributed by atoms with van der Waals surface area (Å²) in [6.45, 7) is 2.19. The first kappa shape index (κ1) is 15.9. The van der Waals surface area contributed by atoms with Crippen molar-refractivity contribution in [2.75, 3.05) is 0 Å². The van der Waals surface area contributed by atoms with Crippen molar-refractivity contribution in [3.05, 3.63) is 0 Å². The third kappa shape index (κ3) is 9.12. The van der Waals surface area contributed by atoms with E-state index in [0.29, 0.717) is 6.42 Å². The minimum Gasteiger partial charge on any atom is -0.313 e. The molecule has 4 nitrogen and oxygen atoms in total. The van der Waals surface area contributed by atoms with Crippen LogP contribution < -0.4 is 5.73 Å². The Bertz CT molecular complexity index is 252. The summed E-state index contributed by atoms with van der Waals surface area (Å²) in [5.74, 6) is 0. The average Bonchev–Trinajstić information content (AvgIpc) is 2.20. The summed E-state index contributed by atoms with van der Waals surface area (Å²) in [6.07, 6.45) is 9.57. The molecule has 0 heterocycles. The molecule has 98 valence electrons.